The lowest BCUT2D eigenvalue weighted by molar-refractivity contribution is -0.359. The molecule has 12 unspecified atom stereocenters. The van der Waals surface area contributed by atoms with E-state index in [1.807, 2.05) is 6.08 Å². The first kappa shape index (κ1) is 88.0. The van der Waals surface area contributed by atoms with Crippen LogP contribution in [0.1, 0.15) is 316 Å². The second-order valence-corrected chi connectivity index (χ2v) is 27.1. The maximum absolute atomic E-state index is 13.4. The number of ether oxygens (including phenoxy) is 4. The molecule has 2 saturated heterocycles. The Morgan fingerprint density at radius 3 is 1.16 bits per heavy atom. The number of aliphatic hydroxyl groups excluding tert-OH is 8. The summed E-state index contributed by atoms with van der Waals surface area (Å²) in [6.45, 7) is 2.70. The highest BCUT2D eigenvalue weighted by atomic mass is 16.7. The number of allylic oxidation sites excluding steroid dienone is 15. The van der Waals surface area contributed by atoms with Gasteiger partial charge < -0.3 is 65.1 Å². The van der Waals surface area contributed by atoms with Gasteiger partial charge in [0.2, 0.25) is 5.91 Å². The molecule has 12 atom stereocenters. The van der Waals surface area contributed by atoms with Gasteiger partial charge in [-0.05, 0) is 83.5 Å². The molecule has 2 fully saturated rings. The highest BCUT2D eigenvalue weighted by Crippen LogP contribution is 2.30. The summed E-state index contributed by atoms with van der Waals surface area (Å²) in [4.78, 5) is 13.4. The minimum absolute atomic E-state index is 0.247. The largest absolute Gasteiger partial charge is 0.394 e. The Morgan fingerprint density at radius 1 is 0.389 bits per heavy atom. The molecule has 0 aromatic heterocycles. The highest BCUT2D eigenvalue weighted by molar-refractivity contribution is 5.76. The lowest BCUT2D eigenvalue weighted by Gasteiger charge is -2.46. The van der Waals surface area contributed by atoms with Gasteiger partial charge in [-0.2, -0.15) is 0 Å². The van der Waals surface area contributed by atoms with E-state index in [9.17, 15) is 45.6 Å². The zero-order chi connectivity index (χ0) is 68.7. The van der Waals surface area contributed by atoms with Crippen molar-refractivity contribution in [1.82, 2.24) is 5.32 Å². The highest BCUT2D eigenvalue weighted by Gasteiger charge is 2.51. The van der Waals surface area contributed by atoms with Gasteiger partial charge in [0.05, 0.1) is 32.0 Å². The summed E-state index contributed by atoms with van der Waals surface area (Å²) in [6.07, 6.45) is 74.8. The molecule has 0 aliphatic carbocycles. The molecule has 0 spiro atoms. The van der Waals surface area contributed by atoms with E-state index in [1.54, 1.807) is 6.08 Å². The molecule has 1 amide bonds. The maximum Gasteiger partial charge on any atom is 0.220 e. The van der Waals surface area contributed by atoms with Crippen LogP contribution in [0.15, 0.2) is 97.2 Å². The van der Waals surface area contributed by atoms with Gasteiger partial charge in [0.15, 0.2) is 12.6 Å². The van der Waals surface area contributed by atoms with Gasteiger partial charge in [0.25, 0.3) is 0 Å². The van der Waals surface area contributed by atoms with Crippen molar-refractivity contribution in [3.05, 3.63) is 97.2 Å². The molecule has 0 aromatic carbocycles. The fraction of sp³-hybridized carbons (Fsp3) is 0.790. The number of rotatable bonds is 64. The summed E-state index contributed by atoms with van der Waals surface area (Å²) in [5.74, 6) is -0.247. The van der Waals surface area contributed by atoms with E-state index in [0.717, 1.165) is 70.6 Å². The summed E-state index contributed by atoms with van der Waals surface area (Å²) >= 11 is 0. The van der Waals surface area contributed by atoms with Crippen LogP contribution in [0.3, 0.4) is 0 Å². The van der Waals surface area contributed by atoms with Gasteiger partial charge in [-0.3, -0.25) is 4.79 Å². The summed E-state index contributed by atoms with van der Waals surface area (Å²) in [5.41, 5.74) is 0. The van der Waals surface area contributed by atoms with Crippen molar-refractivity contribution in [2.24, 2.45) is 0 Å². The smallest absolute Gasteiger partial charge is 0.220 e. The van der Waals surface area contributed by atoms with Crippen molar-refractivity contribution in [3.63, 3.8) is 0 Å². The van der Waals surface area contributed by atoms with E-state index in [2.05, 4.69) is 104 Å². The third-order valence-corrected chi connectivity index (χ3v) is 18.5. The number of hydrogen-bond donors (Lipinski definition) is 9. The molecule has 0 aromatic rings. The fourth-order valence-corrected chi connectivity index (χ4v) is 12.4. The summed E-state index contributed by atoms with van der Waals surface area (Å²) in [7, 11) is 0. The molecule has 2 rings (SSSR count). The Balaban J connectivity index is 1.62. The Bertz CT molecular complexity index is 1970. The van der Waals surface area contributed by atoms with E-state index in [-0.39, 0.29) is 18.9 Å². The van der Waals surface area contributed by atoms with Gasteiger partial charge in [-0.25, -0.2) is 0 Å². The number of hydrogen-bond acceptors (Lipinski definition) is 13. The molecule has 2 heterocycles. The Labute approximate surface area is 579 Å². The van der Waals surface area contributed by atoms with E-state index in [1.165, 1.54) is 212 Å². The van der Waals surface area contributed by atoms with Gasteiger partial charge >= 0.3 is 0 Å². The van der Waals surface area contributed by atoms with Crippen LogP contribution >= 0.6 is 0 Å². The molecule has 14 nitrogen and oxygen atoms in total. The van der Waals surface area contributed by atoms with Crippen LogP contribution in [0.25, 0.3) is 0 Å². The van der Waals surface area contributed by atoms with Crippen LogP contribution in [0.2, 0.25) is 0 Å². The standard InChI is InChI=1S/C81H143NO13/c1-3-5-7-9-11-13-15-17-19-21-23-25-27-29-30-31-32-33-34-35-36-37-38-39-40-41-43-45-47-49-51-53-55-57-59-61-63-65-73(86)82-69(68-92-80-78(91)76(89)79(72(67-84)94-80)95-81-77(90)75(88)74(87)71(66-83)93-81)70(85)64-62-60-58-56-54-52-50-48-46-44-42-28-26-24-22-20-18-16-14-12-10-8-6-4-2/h5,7,11,13,17,19,23,25,29-30,32-33,54,56,62,64,69-72,74-81,83-85,87-91H,3-4,6,8-10,12,14-16,18,20-22,24,26-28,31,34-53,55,57-61,63,65-68H2,1-2H3,(H,82,86)/b7-5-,13-11-,19-17-,25-23-,30-29-,33-32-,56-54+,64-62+. The number of aliphatic hydroxyl groups is 8. The summed E-state index contributed by atoms with van der Waals surface area (Å²) in [5, 5.41) is 87.6. The molecular weight excluding hydrogens is 1190 g/mol. The van der Waals surface area contributed by atoms with Crippen molar-refractivity contribution in [3.8, 4) is 0 Å². The summed E-state index contributed by atoms with van der Waals surface area (Å²) < 4.78 is 22.9. The minimum atomic E-state index is -1.79. The lowest BCUT2D eigenvalue weighted by Crippen LogP contribution is -2.65. The average Bonchev–Trinajstić information content (AvgIpc) is 0.927. The molecule has 0 bridgehead atoms. The third-order valence-electron chi connectivity index (χ3n) is 18.5. The van der Waals surface area contributed by atoms with Gasteiger partial charge in [-0.1, -0.05) is 323 Å². The second-order valence-electron chi connectivity index (χ2n) is 27.1. The number of nitrogens with one attached hydrogen (secondary N) is 1. The molecule has 95 heavy (non-hydrogen) atoms. The predicted molar refractivity (Wildman–Crippen MR) is 392 cm³/mol. The molecule has 2 aliphatic heterocycles. The molecule has 550 valence electrons. The third kappa shape index (κ3) is 47.6. The topological polar surface area (TPSA) is 228 Å². The lowest BCUT2D eigenvalue weighted by atomic mass is 9.97. The van der Waals surface area contributed by atoms with Crippen LogP contribution in [0, 0.1) is 0 Å². The average molecular weight is 1340 g/mol. The van der Waals surface area contributed by atoms with Crippen LogP contribution in [-0.2, 0) is 23.7 Å². The molecule has 14 heteroatoms. The minimum Gasteiger partial charge on any atom is -0.394 e. The molecular formula is C81H143NO13. The zero-order valence-corrected chi connectivity index (χ0v) is 60.1. The van der Waals surface area contributed by atoms with Gasteiger partial charge in [0, 0.05) is 6.42 Å². The van der Waals surface area contributed by atoms with E-state index in [0.29, 0.717) is 12.8 Å². The Morgan fingerprint density at radius 2 is 0.737 bits per heavy atom. The normalized spacial score (nSPS) is 22.9. The Hall–Kier alpha value is -3.09. The predicted octanol–water partition coefficient (Wildman–Crippen LogP) is 17.3. The monoisotopic (exact) mass is 1340 g/mol. The first-order valence-corrected chi connectivity index (χ1v) is 39.0. The van der Waals surface area contributed by atoms with E-state index >= 15 is 0 Å². The van der Waals surface area contributed by atoms with Crippen molar-refractivity contribution in [1.29, 1.82) is 0 Å². The quantitative estimate of drug-likeness (QED) is 0.0204. The molecule has 2 aliphatic rings. The van der Waals surface area contributed by atoms with Gasteiger partial charge in [0.1, 0.15) is 48.8 Å². The van der Waals surface area contributed by atoms with Gasteiger partial charge in [-0.15, -0.1) is 0 Å². The van der Waals surface area contributed by atoms with Crippen LogP contribution in [0.5, 0.6) is 0 Å². The summed E-state index contributed by atoms with van der Waals surface area (Å²) in [6, 6.07) is -0.937. The zero-order valence-electron chi connectivity index (χ0n) is 60.1. The first-order valence-electron chi connectivity index (χ1n) is 39.0. The van der Waals surface area contributed by atoms with E-state index < -0.39 is 86.8 Å². The number of amides is 1. The van der Waals surface area contributed by atoms with Crippen molar-refractivity contribution in [2.45, 2.75) is 389 Å². The number of unbranched alkanes of at least 4 members (excludes halogenated alkanes) is 37. The van der Waals surface area contributed by atoms with Crippen LogP contribution in [0.4, 0.5) is 0 Å². The van der Waals surface area contributed by atoms with Crippen LogP contribution in [-0.4, -0.2) is 140 Å². The van der Waals surface area contributed by atoms with E-state index in [4.69, 9.17) is 18.9 Å². The second kappa shape index (κ2) is 64.3. The number of carbonyl (C=O) groups is 1. The molecule has 9 N–H and O–H groups in total. The van der Waals surface area contributed by atoms with Crippen molar-refractivity contribution < 1.29 is 64.6 Å². The number of carbonyl (C=O) groups excluding carboxylic acids is 1. The van der Waals surface area contributed by atoms with Crippen molar-refractivity contribution in [2.75, 3.05) is 19.8 Å². The first-order chi connectivity index (χ1) is 46.6. The maximum atomic E-state index is 13.4. The fourth-order valence-electron chi connectivity index (χ4n) is 12.4. The molecule has 0 saturated carbocycles. The van der Waals surface area contributed by atoms with Crippen molar-refractivity contribution >= 4 is 5.91 Å². The Kier molecular flexibility index (Phi) is 59.6. The SMILES string of the molecule is CC/C=C\C/C=C\C/C=C\C/C=C\C/C=C\C/C=C\CCCCCCCCCCCCCCCCCCCCC(=O)NC(COC1OC(CO)C(OC2OC(CO)C(O)C(O)C2O)C(O)C1O)C(O)/C=C/CC/C=C/CCCCCCCCCCCCCCCCCCCC. The molecule has 0 radical (unpaired) electrons. The van der Waals surface area contributed by atoms with Crippen LogP contribution < -0.4 is 5.32 Å².